The zero-order valence-electron chi connectivity index (χ0n) is 19.2. The Bertz CT molecular complexity index is 1020. The normalized spacial score (nSPS) is 25.9. The van der Waals surface area contributed by atoms with Crippen LogP contribution in [0.3, 0.4) is 0 Å². The molecule has 2 aliphatic rings. The molecule has 0 spiro atoms. The fourth-order valence-corrected chi connectivity index (χ4v) is 6.30. The van der Waals surface area contributed by atoms with Crippen molar-refractivity contribution in [3.8, 4) is 0 Å². The smallest absolute Gasteiger partial charge is 0.408 e. The van der Waals surface area contributed by atoms with Crippen LogP contribution >= 0.6 is 0 Å². The highest BCUT2D eigenvalue weighted by molar-refractivity contribution is 7.91. The molecule has 4 atom stereocenters. The zero-order chi connectivity index (χ0) is 24.2. The molecule has 1 N–H and O–H groups in total. The molecular formula is C22H31N5O5S. The molecule has 0 unspecified atom stereocenters. The largest absolute Gasteiger partial charge is 0.444 e. The number of sulfone groups is 1. The van der Waals surface area contributed by atoms with Crippen molar-refractivity contribution < 1.29 is 22.7 Å². The number of hydrogen-bond acceptors (Lipinski definition) is 6. The zero-order valence-corrected chi connectivity index (χ0v) is 20.0. The van der Waals surface area contributed by atoms with E-state index in [9.17, 15) is 18.0 Å². The monoisotopic (exact) mass is 477 g/mol. The molecule has 1 aromatic rings. The molecule has 11 heteroatoms. The summed E-state index contributed by atoms with van der Waals surface area (Å²) in [6.07, 6.45) is 1.26. The van der Waals surface area contributed by atoms with Gasteiger partial charge in [0.1, 0.15) is 11.6 Å². The second-order valence-corrected chi connectivity index (χ2v) is 11.6. The Hall–Kier alpha value is -2.78. The van der Waals surface area contributed by atoms with Crippen LogP contribution in [-0.2, 0) is 19.4 Å². The van der Waals surface area contributed by atoms with E-state index in [0.717, 1.165) is 0 Å². The van der Waals surface area contributed by atoms with Crippen LogP contribution in [0.5, 0.6) is 0 Å². The van der Waals surface area contributed by atoms with Crippen LogP contribution in [0.2, 0.25) is 0 Å². The van der Waals surface area contributed by atoms with Crippen molar-refractivity contribution in [2.24, 2.45) is 11.0 Å². The van der Waals surface area contributed by atoms with Gasteiger partial charge in [0.05, 0.1) is 10.6 Å². The van der Waals surface area contributed by atoms with Gasteiger partial charge in [0.25, 0.3) is 0 Å². The average molecular weight is 478 g/mol. The SMILES string of the molecule is CC(C)(C)OC(=O)N[C@H]1CCN([C@H]2CC[C@@H](N=[N+]=[N-])C[C@H]2CS(=O)(=O)c2ccccc2)C1=O. The molecule has 0 bridgehead atoms. The molecule has 1 saturated carbocycles. The second kappa shape index (κ2) is 10.0. The maximum Gasteiger partial charge on any atom is 0.408 e. The highest BCUT2D eigenvalue weighted by Gasteiger charge is 2.43. The summed E-state index contributed by atoms with van der Waals surface area (Å²) in [5.41, 5.74) is 8.18. The number of hydrogen-bond donors (Lipinski definition) is 1. The molecule has 10 nitrogen and oxygen atoms in total. The van der Waals surface area contributed by atoms with Gasteiger partial charge in [-0.15, -0.1) is 0 Å². The number of carbonyl (C=O) groups is 2. The van der Waals surface area contributed by atoms with Crippen LogP contribution < -0.4 is 5.32 Å². The van der Waals surface area contributed by atoms with Crippen molar-refractivity contribution >= 4 is 21.8 Å². The molecule has 1 saturated heterocycles. The Morgan fingerprint density at radius 2 is 1.94 bits per heavy atom. The van der Waals surface area contributed by atoms with E-state index in [1.165, 1.54) is 0 Å². The van der Waals surface area contributed by atoms with Gasteiger partial charge in [0.15, 0.2) is 9.84 Å². The van der Waals surface area contributed by atoms with Crippen molar-refractivity contribution in [3.63, 3.8) is 0 Å². The maximum atomic E-state index is 13.1. The second-order valence-electron chi connectivity index (χ2n) is 9.61. The lowest BCUT2D eigenvalue weighted by molar-refractivity contribution is -0.133. The van der Waals surface area contributed by atoms with Crippen molar-refractivity contribution in [1.29, 1.82) is 0 Å². The lowest BCUT2D eigenvalue weighted by Gasteiger charge is -2.40. The number of benzene rings is 1. The standard InChI is InChI=1S/C22H31N5O5S/c1-22(2,3)32-21(29)24-18-11-12-27(20(18)28)19-10-9-16(25-26-23)13-15(19)14-33(30,31)17-7-5-4-6-8-17/h4-8,15-16,18-19H,9-14H2,1-3H3,(H,24,29)/t15-,16+,18-,19-/m0/s1. The van der Waals surface area contributed by atoms with Crippen molar-refractivity contribution in [2.45, 2.75) is 75.1 Å². The summed E-state index contributed by atoms with van der Waals surface area (Å²) in [5.74, 6) is -0.772. The van der Waals surface area contributed by atoms with Crippen LogP contribution in [0.25, 0.3) is 10.4 Å². The van der Waals surface area contributed by atoms with E-state index in [4.69, 9.17) is 10.3 Å². The molecule has 1 aliphatic carbocycles. The number of alkyl carbamates (subject to hydrolysis) is 1. The van der Waals surface area contributed by atoms with Gasteiger partial charge in [-0.1, -0.05) is 23.3 Å². The van der Waals surface area contributed by atoms with Gasteiger partial charge in [0.2, 0.25) is 5.91 Å². The van der Waals surface area contributed by atoms with Gasteiger partial charge < -0.3 is 15.0 Å². The Balaban J connectivity index is 1.76. The van der Waals surface area contributed by atoms with Crippen molar-refractivity contribution in [1.82, 2.24) is 10.2 Å². The third-order valence-corrected chi connectivity index (χ3v) is 7.85. The topological polar surface area (TPSA) is 142 Å². The first-order valence-electron chi connectivity index (χ1n) is 11.1. The lowest BCUT2D eigenvalue weighted by atomic mass is 9.82. The summed E-state index contributed by atoms with van der Waals surface area (Å²) in [5, 5.41) is 6.45. The van der Waals surface area contributed by atoms with Crippen molar-refractivity contribution in [3.05, 3.63) is 40.8 Å². The first-order valence-corrected chi connectivity index (χ1v) is 12.8. The lowest BCUT2D eigenvalue weighted by Crippen LogP contribution is -2.50. The van der Waals surface area contributed by atoms with Gasteiger partial charge in [-0.2, -0.15) is 0 Å². The predicted molar refractivity (Wildman–Crippen MR) is 122 cm³/mol. The van der Waals surface area contributed by atoms with Gasteiger partial charge in [-0.05, 0) is 70.0 Å². The van der Waals surface area contributed by atoms with E-state index < -0.39 is 27.6 Å². The minimum Gasteiger partial charge on any atom is -0.444 e. The van der Waals surface area contributed by atoms with E-state index >= 15 is 0 Å². The summed E-state index contributed by atoms with van der Waals surface area (Å²) in [6.45, 7) is 5.65. The number of carbonyl (C=O) groups excluding carboxylic acids is 2. The third kappa shape index (κ3) is 6.39. The summed E-state index contributed by atoms with van der Waals surface area (Å²) < 4.78 is 31.4. The van der Waals surface area contributed by atoms with Crippen LogP contribution in [0, 0.1) is 5.92 Å². The molecule has 33 heavy (non-hydrogen) atoms. The van der Waals surface area contributed by atoms with Gasteiger partial charge >= 0.3 is 6.09 Å². The van der Waals surface area contributed by atoms with Crippen LogP contribution in [0.4, 0.5) is 4.79 Å². The summed E-state index contributed by atoms with van der Waals surface area (Å²) in [6, 6.07) is 6.87. The minimum absolute atomic E-state index is 0.146. The number of nitrogens with one attached hydrogen (secondary N) is 1. The molecule has 3 rings (SSSR count). The molecule has 0 radical (unpaired) electrons. The summed E-state index contributed by atoms with van der Waals surface area (Å²) in [7, 11) is -3.59. The van der Waals surface area contributed by atoms with E-state index in [0.29, 0.717) is 32.2 Å². The first-order chi connectivity index (χ1) is 15.5. The molecule has 0 aromatic heterocycles. The van der Waals surface area contributed by atoms with E-state index in [-0.39, 0.29) is 34.6 Å². The minimum atomic E-state index is -3.59. The number of nitrogens with zero attached hydrogens (tertiary/aromatic N) is 4. The van der Waals surface area contributed by atoms with E-state index in [2.05, 4.69) is 15.3 Å². The highest BCUT2D eigenvalue weighted by atomic mass is 32.2. The number of ether oxygens (including phenoxy) is 1. The summed E-state index contributed by atoms with van der Waals surface area (Å²) >= 11 is 0. The van der Waals surface area contributed by atoms with Crippen molar-refractivity contribution in [2.75, 3.05) is 12.3 Å². The quantitative estimate of drug-likeness (QED) is 0.379. The van der Waals surface area contributed by atoms with Crippen LogP contribution in [0.15, 0.2) is 40.3 Å². The Morgan fingerprint density at radius 3 is 2.58 bits per heavy atom. The third-order valence-electron chi connectivity index (χ3n) is 6.00. The molecule has 1 aromatic carbocycles. The van der Waals surface area contributed by atoms with E-state index in [1.807, 2.05) is 0 Å². The maximum absolute atomic E-state index is 13.1. The molecule has 2 amide bonds. The Morgan fingerprint density at radius 1 is 1.24 bits per heavy atom. The molecular weight excluding hydrogens is 446 g/mol. The average Bonchev–Trinajstić information content (AvgIpc) is 3.07. The highest BCUT2D eigenvalue weighted by Crippen LogP contribution is 2.35. The summed E-state index contributed by atoms with van der Waals surface area (Å²) in [4.78, 5) is 30.1. The number of azide groups is 1. The van der Waals surface area contributed by atoms with E-state index in [1.54, 1.807) is 56.0 Å². The first kappa shape index (κ1) is 24.9. The Labute approximate surface area is 194 Å². The molecule has 2 fully saturated rings. The fourth-order valence-electron chi connectivity index (χ4n) is 4.61. The Kier molecular flexibility index (Phi) is 7.54. The van der Waals surface area contributed by atoms with Crippen LogP contribution in [0.1, 0.15) is 46.5 Å². The van der Waals surface area contributed by atoms with Crippen LogP contribution in [-0.4, -0.2) is 61.3 Å². The fraction of sp³-hybridized carbons (Fsp3) is 0.636. The number of likely N-dealkylation sites (tertiary alicyclic amines) is 1. The number of amides is 2. The molecule has 1 heterocycles. The van der Waals surface area contributed by atoms with Gasteiger partial charge in [-0.3, -0.25) is 4.79 Å². The molecule has 1 aliphatic heterocycles. The van der Waals surface area contributed by atoms with Gasteiger partial charge in [0, 0.05) is 23.5 Å². The predicted octanol–water partition coefficient (Wildman–Crippen LogP) is 3.43. The number of rotatable bonds is 6. The van der Waals surface area contributed by atoms with Gasteiger partial charge in [-0.25, -0.2) is 13.2 Å². The molecule has 180 valence electrons.